The Morgan fingerprint density at radius 2 is 1.88 bits per heavy atom. The van der Waals surface area contributed by atoms with Gasteiger partial charge in [-0.15, -0.1) is 0 Å². The van der Waals surface area contributed by atoms with Gasteiger partial charge in [0.15, 0.2) is 0 Å². The van der Waals surface area contributed by atoms with Crippen molar-refractivity contribution in [1.82, 2.24) is 5.32 Å². The maximum absolute atomic E-state index is 15.4. The summed E-state index contributed by atoms with van der Waals surface area (Å²) in [5.74, 6) is -2.43. The van der Waals surface area contributed by atoms with E-state index in [2.05, 4.69) is 11.4 Å². The molecule has 1 fully saturated rings. The van der Waals surface area contributed by atoms with Gasteiger partial charge in [0.05, 0.1) is 13.2 Å². The second kappa shape index (κ2) is 8.90. The number of methoxy groups -OCH3 is 1. The Morgan fingerprint density at radius 3 is 2.41 bits per heavy atom. The Hall–Kier alpha value is -2.33. The molecule has 2 N–H and O–H groups in total. The standard InChI is InChI=1S/C24H25Cl2FN2O3/c1-23(2,3)11-19-24(12-28,16-7-5-14(26)10-17(16)27)20(21(29-19)22(30)31)15-9-13(25)6-8-18(15)32-4/h5-10,19-21,29H,11H2,1-4H3,(H,30,31)/t19-,20-,21+,24-/m0/s1. The van der Waals surface area contributed by atoms with Gasteiger partial charge in [0.2, 0.25) is 0 Å². The molecule has 0 radical (unpaired) electrons. The van der Waals surface area contributed by atoms with Crippen LogP contribution in [0.1, 0.15) is 44.2 Å². The molecule has 1 aliphatic heterocycles. The summed E-state index contributed by atoms with van der Waals surface area (Å²) in [5, 5.41) is 24.4. The summed E-state index contributed by atoms with van der Waals surface area (Å²) in [6.45, 7) is 5.95. The topological polar surface area (TPSA) is 82.3 Å². The summed E-state index contributed by atoms with van der Waals surface area (Å²) >= 11 is 12.2. The molecule has 0 bridgehead atoms. The number of carboxylic acid groups (broad SMARTS) is 1. The molecule has 0 aliphatic carbocycles. The van der Waals surface area contributed by atoms with Crippen molar-refractivity contribution in [2.24, 2.45) is 5.41 Å². The molecule has 0 saturated carbocycles. The van der Waals surface area contributed by atoms with Crippen LogP contribution >= 0.6 is 23.2 Å². The van der Waals surface area contributed by atoms with Crippen molar-refractivity contribution in [2.75, 3.05) is 7.11 Å². The summed E-state index contributed by atoms with van der Waals surface area (Å²) in [5.41, 5.74) is -1.34. The van der Waals surface area contributed by atoms with E-state index in [0.717, 1.165) is 6.07 Å². The van der Waals surface area contributed by atoms with Gasteiger partial charge >= 0.3 is 5.97 Å². The Balaban J connectivity index is 2.39. The first-order chi connectivity index (χ1) is 14.9. The van der Waals surface area contributed by atoms with Crippen molar-refractivity contribution < 1.29 is 19.0 Å². The first kappa shape index (κ1) is 24.3. The van der Waals surface area contributed by atoms with Crippen LogP contribution in [0.3, 0.4) is 0 Å². The Morgan fingerprint density at radius 1 is 1.25 bits per heavy atom. The van der Waals surface area contributed by atoms with E-state index >= 15 is 4.39 Å². The quantitative estimate of drug-likeness (QED) is 0.588. The minimum absolute atomic E-state index is 0.0851. The molecule has 0 spiro atoms. The molecule has 0 amide bonds. The van der Waals surface area contributed by atoms with Crippen LogP contribution in [0.25, 0.3) is 0 Å². The summed E-state index contributed by atoms with van der Waals surface area (Å²) < 4.78 is 20.8. The van der Waals surface area contributed by atoms with Gasteiger partial charge in [0, 0.05) is 33.1 Å². The van der Waals surface area contributed by atoms with Crippen molar-refractivity contribution >= 4 is 29.2 Å². The molecule has 4 atom stereocenters. The van der Waals surface area contributed by atoms with Crippen LogP contribution in [0.4, 0.5) is 4.39 Å². The molecule has 32 heavy (non-hydrogen) atoms. The number of nitrogens with zero attached hydrogens (tertiary/aromatic N) is 1. The molecule has 8 heteroatoms. The second-order valence-electron chi connectivity index (χ2n) is 9.27. The Bertz CT molecular complexity index is 1080. The number of benzene rings is 2. The van der Waals surface area contributed by atoms with E-state index in [1.54, 1.807) is 18.2 Å². The number of aliphatic carboxylic acids is 1. The summed E-state index contributed by atoms with van der Waals surface area (Å²) in [6.07, 6.45) is 0.422. The van der Waals surface area contributed by atoms with Gasteiger partial charge < -0.3 is 9.84 Å². The molecule has 1 heterocycles. The summed E-state index contributed by atoms with van der Waals surface area (Å²) in [7, 11) is 1.45. The molecular weight excluding hydrogens is 454 g/mol. The van der Waals surface area contributed by atoms with Crippen LogP contribution in [0, 0.1) is 22.6 Å². The molecule has 1 saturated heterocycles. The van der Waals surface area contributed by atoms with Gasteiger partial charge in [-0.1, -0.05) is 50.0 Å². The van der Waals surface area contributed by atoms with Gasteiger partial charge in [0.25, 0.3) is 0 Å². The maximum atomic E-state index is 15.4. The predicted octanol–water partition coefficient (Wildman–Crippen LogP) is 5.55. The van der Waals surface area contributed by atoms with Crippen molar-refractivity contribution in [3.05, 3.63) is 63.4 Å². The second-order valence-corrected chi connectivity index (χ2v) is 10.1. The lowest BCUT2D eigenvalue weighted by molar-refractivity contribution is -0.139. The fourth-order valence-electron chi connectivity index (χ4n) is 4.73. The average molecular weight is 479 g/mol. The number of carboxylic acids is 1. The number of rotatable bonds is 5. The van der Waals surface area contributed by atoms with E-state index in [1.807, 2.05) is 20.8 Å². The van der Waals surface area contributed by atoms with Crippen LogP contribution in [0.15, 0.2) is 36.4 Å². The largest absolute Gasteiger partial charge is 0.496 e. The number of hydrogen-bond acceptors (Lipinski definition) is 4. The maximum Gasteiger partial charge on any atom is 0.321 e. The predicted molar refractivity (Wildman–Crippen MR) is 122 cm³/mol. The van der Waals surface area contributed by atoms with Crippen LogP contribution in [0.2, 0.25) is 10.0 Å². The summed E-state index contributed by atoms with van der Waals surface area (Å²) in [4.78, 5) is 12.4. The van der Waals surface area contributed by atoms with Crippen molar-refractivity contribution in [1.29, 1.82) is 5.26 Å². The van der Waals surface area contributed by atoms with Crippen molar-refractivity contribution in [3.8, 4) is 11.8 Å². The lowest BCUT2D eigenvalue weighted by Gasteiger charge is -2.37. The number of halogens is 3. The van der Waals surface area contributed by atoms with Gasteiger partial charge in [-0.05, 0) is 42.2 Å². The minimum atomic E-state index is -1.57. The van der Waals surface area contributed by atoms with E-state index in [-0.39, 0.29) is 16.0 Å². The van der Waals surface area contributed by atoms with E-state index in [9.17, 15) is 15.2 Å². The van der Waals surface area contributed by atoms with Crippen LogP contribution in [-0.4, -0.2) is 30.3 Å². The van der Waals surface area contributed by atoms with Crippen LogP contribution < -0.4 is 10.1 Å². The Labute approximate surface area is 197 Å². The zero-order valence-corrected chi connectivity index (χ0v) is 19.8. The molecular formula is C24H25Cl2FN2O3. The van der Waals surface area contributed by atoms with Gasteiger partial charge in [0.1, 0.15) is 23.0 Å². The highest BCUT2D eigenvalue weighted by Gasteiger charge is 2.61. The molecule has 2 aromatic rings. The number of hydrogen-bond donors (Lipinski definition) is 2. The highest BCUT2D eigenvalue weighted by Crippen LogP contribution is 2.53. The molecule has 0 unspecified atom stereocenters. The van der Waals surface area contributed by atoms with Crippen molar-refractivity contribution in [2.45, 2.75) is 50.6 Å². The van der Waals surface area contributed by atoms with Crippen LogP contribution in [0.5, 0.6) is 5.75 Å². The zero-order valence-electron chi connectivity index (χ0n) is 18.2. The summed E-state index contributed by atoms with van der Waals surface area (Å²) in [6, 6.07) is 9.42. The third-order valence-corrected chi connectivity index (χ3v) is 6.40. The third-order valence-electron chi connectivity index (χ3n) is 5.93. The zero-order chi connectivity index (χ0) is 23.8. The highest BCUT2D eigenvalue weighted by atomic mass is 35.5. The molecule has 3 rings (SSSR count). The molecule has 170 valence electrons. The van der Waals surface area contributed by atoms with E-state index in [4.69, 9.17) is 27.9 Å². The normalized spacial score (nSPS) is 25.4. The lowest BCUT2D eigenvalue weighted by atomic mass is 9.62. The fraction of sp³-hybridized carbons (Fsp3) is 0.417. The first-order valence-corrected chi connectivity index (χ1v) is 10.9. The Kier molecular flexibility index (Phi) is 6.76. The third kappa shape index (κ3) is 4.30. The van der Waals surface area contributed by atoms with Crippen LogP contribution in [-0.2, 0) is 10.2 Å². The number of carbonyl (C=O) groups is 1. The SMILES string of the molecule is COc1ccc(Cl)cc1[C@H]1[C@H](C(=O)O)N[C@@H](CC(C)(C)C)[C@]1(C#N)c1ccc(Cl)cc1F. The first-order valence-electron chi connectivity index (χ1n) is 10.1. The van der Waals surface area contributed by atoms with E-state index in [1.165, 1.54) is 19.2 Å². The molecule has 2 aromatic carbocycles. The monoisotopic (exact) mass is 478 g/mol. The van der Waals surface area contributed by atoms with Crippen molar-refractivity contribution in [3.63, 3.8) is 0 Å². The van der Waals surface area contributed by atoms with Gasteiger partial charge in [-0.25, -0.2) is 4.39 Å². The van der Waals surface area contributed by atoms with Gasteiger partial charge in [-0.2, -0.15) is 5.26 Å². The average Bonchev–Trinajstić information content (AvgIpc) is 3.01. The van der Waals surface area contributed by atoms with Gasteiger partial charge in [-0.3, -0.25) is 10.1 Å². The number of ether oxygens (including phenoxy) is 1. The van der Waals surface area contributed by atoms with E-state index in [0.29, 0.717) is 22.8 Å². The molecule has 5 nitrogen and oxygen atoms in total. The molecule has 0 aromatic heterocycles. The lowest BCUT2D eigenvalue weighted by Crippen LogP contribution is -2.44. The highest BCUT2D eigenvalue weighted by molar-refractivity contribution is 6.31. The fourth-order valence-corrected chi connectivity index (χ4v) is 5.07. The van der Waals surface area contributed by atoms with E-state index < -0.39 is 35.2 Å². The molecule has 1 aliphatic rings. The number of nitriles is 1. The smallest absolute Gasteiger partial charge is 0.321 e. The minimum Gasteiger partial charge on any atom is -0.496 e. The number of nitrogens with one attached hydrogen (secondary N) is 1.